The first-order valence-electron chi connectivity index (χ1n) is 8.41. The van der Waals surface area contributed by atoms with Crippen LogP contribution in [-0.2, 0) is 9.59 Å². The highest BCUT2D eigenvalue weighted by atomic mass is 16.5. The maximum Gasteiger partial charge on any atom is 0.242 e. The van der Waals surface area contributed by atoms with E-state index in [1.54, 1.807) is 4.90 Å². The molecule has 1 aliphatic rings. The molecule has 0 bridgehead atoms. The number of hydrogen-bond donors (Lipinski definition) is 3. The smallest absolute Gasteiger partial charge is 0.242 e. The number of carbonyl (C=O) groups excluding carboxylic acids is 2. The number of carbonyl (C=O) groups is 2. The zero-order valence-electron chi connectivity index (χ0n) is 14.3. The van der Waals surface area contributed by atoms with E-state index in [-0.39, 0.29) is 31.5 Å². The Labute approximate surface area is 147 Å². The second-order valence-electron chi connectivity index (χ2n) is 5.94. The van der Waals surface area contributed by atoms with Gasteiger partial charge in [0.1, 0.15) is 18.5 Å². The molecule has 8 heteroatoms. The molecule has 138 valence electrons. The molecule has 4 N–H and O–H groups in total. The number of para-hydroxylation sites is 1. The quantitative estimate of drug-likeness (QED) is 0.535. The van der Waals surface area contributed by atoms with Gasteiger partial charge in [-0.25, -0.2) is 0 Å². The van der Waals surface area contributed by atoms with Gasteiger partial charge >= 0.3 is 0 Å². The summed E-state index contributed by atoms with van der Waals surface area (Å²) in [5, 5.41) is 12.6. The Balaban J connectivity index is 1.64. The number of piperazine rings is 1. The number of rotatable bonds is 8. The van der Waals surface area contributed by atoms with Crippen LogP contribution in [0, 0.1) is 0 Å². The Morgan fingerprint density at radius 1 is 1.20 bits per heavy atom. The van der Waals surface area contributed by atoms with Gasteiger partial charge in [-0.2, -0.15) is 0 Å². The molecule has 0 aromatic heterocycles. The van der Waals surface area contributed by atoms with Gasteiger partial charge in [0.05, 0.1) is 13.1 Å². The maximum absolute atomic E-state index is 12.0. The third-order valence-electron chi connectivity index (χ3n) is 4.00. The molecule has 1 aliphatic heterocycles. The summed E-state index contributed by atoms with van der Waals surface area (Å²) in [6.07, 6.45) is -0.591. The SMILES string of the molecule is NCC(=O)NCC(=O)N1CCN(CC(O)COc2ccccc2)CC1. The minimum atomic E-state index is -0.591. The van der Waals surface area contributed by atoms with E-state index in [0.717, 1.165) is 5.75 Å². The molecule has 2 rings (SSSR count). The topological polar surface area (TPSA) is 108 Å². The summed E-state index contributed by atoms with van der Waals surface area (Å²) in [5.41, 5.74) is 5.19. The number of benzene rings is 1. The van der Waals surface area contributed by atoms with Crippen molar-refractivity contribution in [2.24, 2.45) is 5.73 Å². The standard InChI is InChI=1S/C17H26N4O4/c18-10-16(23)19-11-17(24)21-8-6-20(7-9-21)12-14(22)13-25-15-4-2-1-3-5-15/h1-5,14,22H,6-13,18H2,(H,19,23). The fourth-order valence-electron chi connectivity index (χ4n) is 2.60. The van der Waals surface area contributed by atoms with Crippen LogP contribution in [0.2, 0.25) is 0 Å². The summed E-state index contributed by atoms with van der Waals surface area (Å²) < 4.78 is 5.54. The molecular formula is C17H26N4O4. The lowest BCUT2D eigenvalue weighted by Gasteiger charge is -2.35. The number of nitrogens with one attached hydrogen (secondary N) is 1. The van der Waals surface area contributed by atoms with Gasteiger partial charge in [0, 0.05) is 32.7 Å². The molecule has 8 nitrogen and oxygen atoms in total. The fourth-order valence-corrected chi connectivity index (χ4v) is 2.60. The van der Waals surface area contributed by atoms with Crippen LogP contribution in [-0.4, -0.2) is 85.2 Å². The van der Waals surface area contributed by atoms with Crippen LogP contribution >= 0.6 is 0 Å². The summed E-state index contributed by atoms with van der Waals surface area (Å²) in [6.45, 7) is 3.09. The summed E-state index contributed by atoms with van der Waals surface area (Å²) in [4.78, 5) is 26.9. The van der Waals surface area contributed by atoms with E-state index in [0.29, 0.717) is 32.7 Å². The van der Waals surface area contributed by atoms with Crippen LogP contribution in [0.1, 0.15) is 0 Å². The highest BCUT2D eigenvalue weighted by Crippen LogP contribution is 2.09. The molecule has 1 heterocycles. The lowest BCUT2D eigenvalue weighted by molar-refractivity contribution is -0.134. The predicted molar refractivity (Wildman–Crippen MR) is 93.0 cm³/mol. The number of aliphatic hydroxyl groups is 1. The van der Waals surface area contributed by atoms with E-state index >= 15 is 0 Å². The molecule has 2 amide bonds. The van der Waals surface area contributed by atoms with Gasteiger partial charge < -0.3 is 25.8 Å². The molecule has 0 radical (unpaired) electrons. The van der Waals surface area contributed by atoms with Crippen molar-refractivity contribution in [3.05, 3.63) is 30.3 Å². The van der Waals surface area contributed by atoms with Gasteiger partial charge in [0.15, 0.2) is 0 Å². The number of aliphatic hydroxyl groups excluding tert-OH is 1. The molecule has 1 unspecified atom stereocenters. The van der Waals surface area contributed by atoms with Crippen molar-refractivity contribution in [1.82, 2.24) is 15.1 Å². The Morgan fingerprint density at radius 3 is 2.52 bits per heavy atom. The number of β-amino-alcohol motifs (C(OH)–C–C–N with tert-alkyl or cyclic N) is 1. The van der Waals surface area contributed by atoms with E-state index < -0.39 is 6.10 Å². The Kier molecular flexibility index (Phi) is 7.65. The number of hydrogen-bond acceptors (Lipinski definition) is 6. The summed E-state index contributed by atoms with van der Waals surface area (Å²) >= 11 is 0. The van der Waals surface area contributed by atoms with E-state index in [1.807, 2.05) is 30.3 Å². The van der Waals surface area contributed by atoms with Gasteiger partial charge in [0.2, 0.25) is 11.8 Å². The molecule has 0 aliphatic carbocycles. The molecule has 1 fully saturated rings. The van der Waals surface area contributed by atoms with Gasteiger partial charge in [-0.1, -0.05) is 18.2 Å². The summed E-state index contributed by atoms with van der Waals surface area (Å²) in [6, 6.07) is 9.37. The first kappa shape index (κ1) is 19.2. The van der Waals surface area contributed by atoms with Crippen LogP contribution in [0.15, 0.2) is 30.3 Å². The summed E-state index contributed by atoms with van der Waals surface area (Å²) in [7, 11) is 0. The Bertz CT molecular complexity index is 547. The van der Waals surface area contributed by atoms with Gasteiger partial charge in [-0.15, -0.1) is 0 Å². The number of nitrogens with zero attached hydrogens (tertiary/aromatic N) is 2. The maximum atomic E-state index is 12.0. The predicted octanol–water partition coefficient (Wildman–Crippen LogP) is -1.35. The molecule has 1 saturated heterocycles. The average molecular weight is 350 g/mol. The van der Waals surface area contributed by atoms with Crippen LogP contribution in [0.25, 0.3) is 0 Å². The lowest BCUT2D eigenvalue weighted by Crippen LogP contribution is -2.53. The van der Waals surface area contributed by atoms with Crippen LogP contribution in [0.4, 0.5) is 0 Å². The second kappa shape index (κ2) is 9.97. The molecule has 25 heavy (non-hydrogen) atoms. The van der Waals surface area contributed by atoms with E-state index in [2.05, 4.69) is 10.2 Å². The van der Waals surface area contributed by atoms with Gasteiger partial charge in [-0.05, 0) is 12.1 Å². The number of amides is 2. The van der Waals surface area contributed by atoms with Crippen molar-refractivity contribution < 1.29 is 19.4 Å². The van der Waals surface area contributed by atoms with Crippen LogP contribution in [0.3, 0.4) is 0 Å². The van der Waals surface area contributed by atoms with E-state index in [9.17, 15) is 14.7 Å². The van der Waals surface area contributed by atoms with Gasteiger partial charge in [-0.3, -0.25) is 14.5 Å². The molecule has 1 aromatic rings. The Morgan fingerprint density at radius 2 is 1.88 bits per heavy atom. The largest absolute Gasteiger partial charge is 0.491 e. The van der Waals surface area contributed by atoms with Crippen LogP contribution < -0.4 is 15.8 Å². The van der Waals surface area contributed by atoms with Crippen molar-refractivity contribution in [1.29, 1.82) is 0 Å². The van der Waals surface area contributed by atoms with Crippen LogP contribution in [0.5, 0.6) is 5.75 Å². The van der Waals surface area contributed by atoms with Crippen molar-refractivity contribution in [3.63, 3.8) is 0 Å². The first-order chi connectivity index (χ1) is 12.1. The molecule has 1 atom stereocenters. The first-order valence-corrected chi connectivity index (χ1v) is 8.41. The highest BCUT2D eigenvalue weighted by molar-refractivity contribution is 5.85. The average Bonchev–Trinajstić information content (AvgIpc) is 2.65. The van der Waals surface area contributed by atoms with E-state index in [4.69, 9.17) is 10.5 Å². The highest BCUT2D eigenvalue weighted by Gasteiger charge is 2.22. The Hall–Kier alpha value is -2.16. The lowest BCUT2D eigenvalue weighted by atomic mass is 10.2. The molecule has 1 aromatic carbocycles. The third-order valence-corrected chi connectivity index (χ3v) is 4.00. The molecule has 0 saturated carbocycles. The normalized spacial score (nSPS) is 16.3. The monoisotopic (exact) mass is 350 g/mol. The number of ether oxygens (including phenoxy) is 1. The van der Waals surface area contributed by atoms with Gasteiger partial charge in [0.25, 0.3) is 0 Å². The van der Waals surface area contributed by atoms with Crippen molar-refractivity contribution >= 4 is 11.8 Å². The molecule has 0 spiro atoms. The second-order valence-corrected chi connectivity index (χ2v) is 5.94. The van der Waals surface area contributed by atoms with Crippen molar-refractivity contribution in [2.45, 2.75) is 6.10 Å². The number of nitrogens with two attached hydrogens (primary N) is 1. The van der Waals surface area contributed by atoms with Crippen molar-refractivity contribution in [2.75, 3.05) is 52.4 Å². The van der Waals surface area contributed by atoms with Crippen molar-refractivity contribution in [3.8, 4) is 5.75 Å². The molecular weight excluding hydrogens is 324 g/mol. The zero-order chi connectivity index (χ0) is 18.1. The fraction of sp³-hybridized carbons (Fsp3) is 0.529. The minimum absolute atomic E-state index is 0.0242. The summed E-state index contributed by atoms with van der Waals surface area (Å²) in [5.74, 6) is 0.277. The zero-order valence-corrected chi connectivity index (χ0v) is 14.3. The third kappa shape index (κ3) is 6.69. The van der Waals surface area contributed by atoms with E-state index in [1.165, 1.54) is 0 Å². The minimum Gasteiger partial charge on any atom is -0.491 e.